The second-order valence-corrected chi connectivity index (χ2v) is 8.15. The first kappa shape index (κ1) is 17.4. The molecule has 1 aliphatic heterocycles. The van der Waals surface area contributed by atoms with Gasteiger partial charge in [-0.15, -0.1) is 0 Å². The lowest BCUT2D eigenvalue weighted by atomic mass is 9.89. The average molecular weight is 326 g/mol. The summed E-state index contributed by atoms with van der Waals surface area (Å²) >= 11 is 0. The molecule has 1 aromatic rings. The molecular formula is C16H26N2O3S. The fourth-order valence-corrected chi connectivity index (χ4v) is 4.27. The summed E-state index contributed by atoms with van der Waals surface area (Å²) < 4.78 is 31.9. The van der Waals surface area contributed by atoms with Crippen molar-refractivity contribution in [2.45, 2.75) is 25.9 Å². The van der Waals surface area contributed by atoms with E-state index in [4.69, 9.17) is 10.5 Å². The topological polar surface area (TPSA) is 72.6 Å². The SMILES string of the molecule is CC(C)OCCS(=O)(=O)N1C[C@@H](CN)[C@H](c2ccccc2)C1. The molecule has 0 unspecified atom stereocenters. The monoisotopic (exact) mass is 326 g/mol. The van der Waals surface area contributed by atoms with Gasteiger partial charge in [0.2, 0.25) is 10.0 Å². The molecule has 2 N–H and O–H groups in total. The van der Waals surface area contributed by atoms with Crippen LogP contribution in [0, 0.1) is 5.92 Å². The van der Waals surface area contributed by atoms with Crippen molar-refractivity contribution >= 4 is 10.0 Å². The molecule has 1 saturated heterocycles. The van der Waals surface area contributed by atoms with Crippen LogP contribution < -0.4 is 5.73 Å². The second kappa shape index (κ2) is 7.55. The lowest BCUT2D eigenvalue weighted by Gasteiger charge is -2.17. The Morgan fingerprint density at radius 2 is 1.95 bits per heavy atom. The third kappa shape index (κ3) is 4.29. The Balaban J connectivity index is 2.05. The standard InChI is InChI=1S/C16H26N2O3S/c1-13(2)21-8-9-22(19,20)18-11-15(10-17)16(12-18)14-6-4-3-5-7-14/h3-7,13,15-16H,8-12,17H2,1-2H3/t15-,16+/m1/s1. The molecular weight excluding hydrogens is 300 g/mol. The molecule has 0 bridgehead atoms. The minimum Gasteiger partial charge on any atom is -0.378 e. The molecule has 1 heterocycles. The fraction of sp³-hybridized carbons (Fsp3) is 0.625. The predicted octanol–water partition coefficient (Wildman–Crippen LogP) is 1.42. The zero-order chi connectivity index (χ0) is 16.2. The molecule has 22 heavy (non-hydrogen) atoms. The molecule has 2 atom stereocenters. The van der Waals surface area contributed by atoms with E-state index in [0.29, 0.717) is 19.6 Å². The van der Waals surface area contributed by atoms with E-state index in [1.165, 1.54) is 0 Å². The van der Waals surface area contributed by atoms with E-state index in [9.17, 15) is 8.42 Å². The van der Waals surface area contributed by atoms with Gasteiger partial charge in [0.25, 0.3) is 0 Å². The Kier molecular flexibility index (Phi) is 5.97. The Hall–Kier alpha value is -0.950. The quantitative estimate of drug-likeness (QED) is 0.822. The number of nitrogens with zero attached hydrogens (tertiary/aromatic N) is 1. The molecule has 0 radical (unpaired) electrons. The molecule has 0 aliphatic carbocycles. The fourth-order valence-electron chi connectivity index (χ4n) is 2.89. The molecule has 0 spiro atoms. The van der Waals surface area contributed by atoms with Gasteiger partial charge in [-0.25, -0.2) is 12.7 Å². The number of hydrogen-bond acceptors (Lipinski definition) is 4. The highest BCUT2D eigenvalue weighted by Crippen LogP contribution is 2.33. The van der Waals surface area contributed by atoms with Crippen LogP contribution in [0.2, 0.25) is 0 Å². The maximum Gasteiger partial charge on any atom is 0.216 e. The van der Waals surface area contributed by atoms with Crippen molar-refractivity contribution in [2.75, 3.05) is 32.0 Å². The molecule has 6 heteroatoms. The van der Waals surface area contributed by atoms with Crippen LogP contribution in [0.15, 0.2) is 30.3 Å². The normalized spacial score (nSPS) is 23.3. The van der Waals surface area contributed by atoms with E-state index in [0.717, 1.165) is 5.56 Å². The van der Waals surface area contributed by atoms with Gasteiger partial charge in [-0.2, -0.15) is 0 Å². The Morgan fingerprint density at radius 1 is 1.27 bits per heavy atom. The summed E-state index contributed by atoms with van der Waals surface area (Å²) in [6.07, 6.45) is 0.0441. The summed E-state index contributed by atoms with van der Waals surface area (Å²) in [5, 5.41) is 0. The van der Waals surface area contributed by atoms with Crippen LogP contribution in [0.4, 0.5) is 0 Å². The Bertz CT molecular complexity index is 560. The number of rotatable bonds is 7. The van der Waals surface area contributed by atoms with Crippen LogP contribution in [-0.2, 0) is 14.8 Å². The van der Waals surface area contributed by atoms with Gasteiger partial charge in [0, 0.05) is 19.0 Å². The maximum absolute atomic E-state index is 12.5. The van der Waals surface area contributed by atoms with Gasteiger partial charge in [-0.05, 0) is 31.9 Å². The lowest BCUT2D eigenvalue weighted by Crippen LogP contribution is -2.33. The second-order valence-electron chi connectivity index (χ2n) is 6.07. The first-order chi connectivity index (χ1) is 10.4. The first-order valence-corrected chi connectivity index (χ1v) is 9.39. The van der Waals surface area contributed by atoms with Crippen LogP contribution in [0.25, 0.3) is 0 Å². The Morgan fingerprint density at radius 3 is 2.55 bits per heavy atom. The van der Waals surface area contributed by atoms with Crippen molar-refractivity contribution in [3.63, 3.8) is 0 Å². The van der Waals surface area contributed by atoms with Crippen molar-refractivity contribution in [1.29, 1.82) is 0 Å². The van der Waals surface area contributed by atoms with E-state index >= 15 is 0 Å². The van der Waals surface area contributed by atoms with Gasteiger partial charge in [-0.3, -0.25) is 0 Å². The van der Waals surface area contributed by atoms with Crippen LogP contribution in [-0.4, -0.2) is 50.8 Å². The maximum atomic E-state index is 12.5. The first-order valence-electron chi connectivity index (χ1n) is 7.78. The summed E-state index contributed by atoms with van der Waals surface area (Å²) in [6.45, 7) is 5.54. The summed E-state index contributed by atoms with van der Waals surface area (Å²) in [6, 6.07) is 10.0. The molecule has 0 saturated carbocycles. The molecule has 1 aliphatic rings. The number of hydrogen-bond donors (Lipinski definition) is 1. The van der Waals surface area contributed by atoms with Crippen molar-refractivity contribution in [3.05, 3.63) is 35.9 Å². The third-order valence-electron chi connectivity index (χ3n) is 4.12. The summed E-state index contributed by atoms with van der Waals surface area (Å²) in [4.78, 5) is 0. The van der Waals surface area contributed by atoms with E-state index in [2.05, 4.69) is 0 Å². The minimum absolute atomic E-state index is 0.0317. The molecule has 0 amide bonds. The summed E-state index contributed by atoms with van der Waals surface area (Å²) in [5.41, 5.74) is 7.02. The van der Waals surface area contributed by atoms with Crippen molar-refractivity contribution in [3.8, 4) is 0 Å². The van der Waals surface area contributed by atoms with Gasteiger partial charge in [-0.1, -0.05) is 30.3 Å². The van der Waals surface area contributed by atoms with Crippen molar-refractivity contribution in [2.24, 2.45) is 11.7 Å². The van der Waals surface area contributed by atoms with E-state index in [1.807, 2.05) is 44.2 Å². The van der Waals surface area contributed by atoms with E-state index in [-0.39, 0.29) is 30.3 Å². The third-order valence-corrected chi connectivity index (χ3v) is 5.89. The summed E-state index contributed by atoms with van der Waals surface area (Å²) in [5.74, 6) is 0.374. The van der Waals surface area contributed by atoms with Crippen LogP contribution in [0.5, 0.6) is 0 Å². The highest BCUT2D eigenvalue weighted by atomic mass is 32.2. The minimum atomic E-state index is -3.29. The lowest BCUT2D eigenvalue weighted by molar-refractivity contribution is 0.0907. The van der Waals surface area contributed by atoms with Crippen molar-refractivity contribution in [1.82, 2.24) is 4.31 Å². The van der Waals surface area contributed by atoms with Crippen molar-refractivity contribution < 1.29 is 13.2 Å². The van der Waals surface area contributed by atoms with Gasteiger partial charge in [0.05, 0.1) is 18.5 Å². The molecule has 124 valence electrons. The largest absolute Gasteiger partial charge is 0.378 e. The van der Waals surface area contributed by atoms with Crippen LogP contribution >= 0.6 is 0 Å². The van der Waals surface area contributed by atoms with Gasteiger partial charge in [0.1, 0.15) is 0 Å². The van der Waals surface area contributed by atoms with E-state index in [1.54, 1.807) is 4.31 Å². The highest BCUT2D eigenvalue weighted by Gasteiger charge is 2.38. The molecule has 1 fully saturated rings. The van der Waals surface area contributed by atoms with Gasteiger partial charge < -0.3 is 10.5 Å². The van der Waals surface area contributed by atoms with Crippen LogP contribution in [0.1, 0.15) is 25.3 Å². The number of benzene rings is 1. The Labute approximate surface area is 133 Å². The molecule has 2 rings (SSSR count). The smallest absolute Gasteiger partial charge is 0.216 e. The van der Waals surface area contributed by atoms with E-state index < -0.39 is 10.0 Å². The molecule has 0 aromatic heterocycles. The van der Waals surface area contributed by atoms with Gasteiger partial charge >= 0.3 is 0 Å². The predicted molar refractivity (Wildman–Crippen MR) is 88.2 cm³/mol. The number of nitrogens with two attached hydrogens (primary N) is 1. The number of sulfonamides is 1. The molecule has 5 nitrogen and oxygen atoms in total. The average Bonchev–Trinajstić information content (AvgIpc) is 2.92. The van der Waals surface area contributed by atoms with Gasteiger partial charge in [0.15, 0.2) is 0 Å². The summed E-state index contributed by atoms with van der Waals surface area (Å²) in [7, 11) is -3.29. The highest BCUT2D eigenvalue weighted by molar-refractivity contribution is 7.89. The number of ether oxygens (including phenoxy) is 1. The van der Waals surface area contributed by atoms with Crippen LogP contribution in [0.3, 0.4) is 0 Å². The molecule has 1 aromatic carbocycles. The zero-order valence-corrected chi connectivity index (χ0v) is 14.1. The zero-order valence-electron chi connectivity index (χ0n) is 13.3.